The topological polar surface area (TPSA) is 3.88 Å². The molecule has 0 amide bonds. The average Bonchev–Trinajstić information content (AvgIpc) is 2.56. The highest BCUT2D eigenvalue weighted by atomic mass is 35.5. The summed E-state index contributed by atoms with van der Waals surface area (Å²) in [7, 11) is 0. The van der Waals surface area contributed by atoms with Crippen molar-refractivity contribution in [2.75, 3.05) is 5.75 Å². The van der Waals surface area contributed by atoms with Crippen LogP contribution in [-0.4, -0.2) is 5.75 Å². The molecule has 0 aromatic carbocycles. The Morgan fingerprint density at radius 2 is 1.52 bits per heavy atom. The van der Waals surface area contributed by atoms with Crippen LogP contribution in [0.1, 0.15) is 83.6 Å². The van der Waals surface area contributed by atoms with Gasteiger partial charge in [0.15, 0.2) is 18.3 Å². The Hall–Kier alpha value is -0.210. The van der Waals surface area contributed by atoms with E-state index in [0.717, 1.165) is 17.3 Å². The molecule has 0 saturated carbocycles. The van der Waals surface area contributed by atoms with Crippen molar-refractivity contribution in [2.24, 2.45) is 0 Å². The van der Waals surface area contributed by atoms with Crippen molar-refractivity contribution in [2.45, 2.75) is 90.4 Å². The molecule has 1 aromatic heterocycles. The zero-order chi connectivity index (χ0) is 16.8. The summed E-state index contributed by atoms with van der Waals surface area (Å²) < 4.78 is 2.20. The number of aryl methyl sites for hydroxylation is 1. The van der Waals surface area contributed by atoms with Crippen LogP contribution in [0.3, 0.4) is 0 Å². The van der Waals surface area contributed by atoms with Gasteiger partial charge in [-0.05, 0) is 24.2 Å². The lowest BCUT2D eigenvalue weighted by Gasteiger charge is -2.03. The quantitative estimate of drug-likeness (QED) is 0.262. The van der Waals surface area contributed by atoms with Gasteiger partial charge in [0.2, 0.25) is 0 Å². The predicted octanol–water partition coefficient (Wildman–Crippen LogP) is 6.80. The maximum absolute atomic E-state index is 6.25. The van der Waals surface area contributed by atoms with E-state index in [4.69, 9.17) is 11.6 Å². The summed E-state index contributed by atoms with van der Waals surface area (Å²) in [4.78, 5) is 0. The summed E-state index contributed by atoms with van der Waals surface area (Å²) in [5.41, 5.74) is 1.24. The maximum atomic E-state index is 6.25. The van der Waals surface area contributed by atoms with E-state index in [2.05, 4.69) is 36.9 Å². The summed E-state index contributed by atoms with van der Waals surface area (Å²) in [6.45, 7) is 4.43. The molecule has 1 aromatic rings. The normalized spacial score (nSPS) is 11.1. The van der Waals surface area contributed by atoms with Gasteiger partial charge in [-0.2, -0.15) is 4.57 Å². The lowest BCUT2D eigenvalue weighted by Crippen LogP contribution is -2.31. The van der Waals surface area contributed by atoms with E-state index in [1.54, 1.807) is 0 Å². The molecular weight excluding hydrogens is 322 g/mol. The predicted molar refractivity (Wildman–Crippen MR) is 105 cm³/mol. The Kier molecular flexibility index (Phi) is 12.8. The third-order valence-corrected chi connectivity index (χ3v) is 5.72. The van der Waals surface area contributed by atoms with Crippen LogP contribution >= 0.6 is 23.4 Å². The number of nitrogens with zero attached hydrogens (tertiary/aromatic N) is 1. The van der Waals surface area contributed by atoms with Gasteiger partial charge in [0.1, 0.15) is 5.02 Å². The summed E-state index contributed by atoms with van der Waals surface area (Å²) in [6.07, 6.45) is 19.3. The van der Waals surface area contributed by atoms with Gasteiger partial charge in [0, 0.05) is 6.07 Å². The Bertz CT molecular complexity index is 409. The van der Waals surface area contributed by atoms with E-state index >= 15 is 0 Å². The Morgan fingerprint density at radius 1 is 0.913 bits per heavy atom. The molecule has 0 fully saturated rings. The SMILES string of the molecule is CCCCCCCCCCCCSC[n+]1ccc(CC)c(Cl)c1. The van der Waals surface area contributed by atoms with Crippen molar-refractivity contribution in [1.82, 2.24) is 0 Å². The monoisotopic (exact) mass is 356 g/mol. The highest BCUT2D eigenvalue weighted by Crippen LogP contribution is 2.15. The molecule has 0 saturated heterocycles. The molecular formula is C20H35ClNS+. The van der Waals surface area contributed by atoms with Crippen LogP contribution in [0.25, 0.3) is 0 Å². The summed E-state index contributed by atoms with van der Waals surface area (Å²) in [5, 5.41) is 0.898. The second kappa shape index (κ2) is 14.2. The fraction of sp³-hybridized carbons (Fsp3) is 0.750. The van der Waals surface area contributed by atoms with Crippen molar-refractivity contribution in [3.05, 3.63) is 29.0 Å². The van der Waals surface area contributed by atoms with Crippen LogP contribution in [-0.2, 0) is 12.3 Å². The van der Waals surface area contributed by atoms with Gasteiger partial charge in [0.05, 0.1) is 0 Å². The molecule has 1 rings (SSSR count). The van der Waals surface area contributed by atoms with E-state index in [1.165, 1.54) is 75.5 Å². The van der Waals surface area contributed by atoms with Gasteiger partial charge in [-0.25, -0.2) is 0 Å². The molecule has 0 unspecified atom stereocenters. The van der Waals surface area contributed by atoms with Crippen LogP contribution in [0.4, 0.5) is 0 Å². The van der Waals surface area contributed by atoms with Crippen molar-refractivity contribution < 1.29 is 4.57 Å². The first-order chi connectivity index (χ1) is 11.3. The fourth-order valence-electron chi connectivity index (χ4n) is 2.77. The second-order valence-electron chi connectivity index (χ2n) is 6.41. The number of hydrogen-bond donors (Lipinski definition) is 0. The van der Waals surface area contributed by atoms with E-state index in [1.807, 2.05) is 11.8 Å². The fourth-order valence-corrected chi connectivity index (χ4v) is 4.00. The van der Waals surface area contributed by atoms with Gasteiger partial charge in [-0.15, -0.1) is 0 Å². The number of thioether (sulfide) groups is 1. The largest absolute Gasteiger partial charge is 0.194 e. The minimum absolute atomic E-state index is 0.898. The summed E-state index contributed by atoms with van der Waals surface area (Å²) >= 11 is 8.26. The minimum atomic E-state index is 0.898. The molecule has 1 nitrogen and oxygen atoms in total. The molecule has 132 valence electrons. The Morgan fingerprint density at radius 3 is 2.09 bits per heavy atom. The first-order valence-electron chi connectivity index (χ1n) is 9.53. The highest BCUT2D eigenvalue weighted by molar-refractivity contribution is 7.98. The molecule has 23 heavy (non-hydrogen) atoms. The van der Waals surface area contributed by atoms with Crippen LogP contribution in [0.15, 0.2) is 18.5 Å². The number of halogens is 1. The summed E-state index contributed by atoms with van der Waals surface area (Å²) in [6, 6.07) is 2.14. The van der Waals surface area contributed by atoms with Crippen molar-refractivity contribution >= 4 is 23.4 Å². The Balaban J connectivity index is 1.92. The Labute approximate surface area is 153 Å². The lowest BCUT2D eigenvalue weighted by atomic mass is 10.1. The standard InChI is InChI=1S/C20H35ClNS/c1-3-5-6-7-8-9-10-11-12-13-16-23-18-22-15-14-19(4-2)20(21)17-22/h14-15,17H,3-13,16,18H2,1-2H3/q+1. The van der Waals surface area contributed by atoms with Gasteiger partial charge in [-0.3, -0.25) is 0 Å². The smallest absolute Gasteiger partial charge is 0.194 e. The maximum Gasteiger partial charge on any atom is 0.194 e. The average molecular weight is 357 g/mol. The van der Waals surface area contributed by atoms with Crippen LogP contribution in [0.2, 0.25) is 5.02 Å². The van der Waals surface area contributed by atoms with E-state index in [9.17, 15) is 0 Å². The molecule has 0 bridgehead atoms. The third kappa shape index (κ3) is 10.3. The first-order valence-corrected chi connectivity index (χ1v) is 11.1. The zero-order valence-corrected chi connectivity index (χ0v) is 16.7. The number of unbranched alkanes of at least 4 members (excludes halogenated alkanes) is 9. The van der Waals surface area contributed by atoms with Gasteiger partial charge >= 0.3 is 0 Å². The number of aromatic nitrogens is 1. The number of rotatable bonds is 14. The highest BCUT2D eigenvalue weighted by Gasteiger charge is 2.06. The molecule has 0 spiro atoms. The van der Waals surface area contributed by atoms with Crippen molar-refractivity contribution in [1.29, 1.82) is 0 Å². The lowest BCUT2D eigenvalue weighted by molar-refractivity contribution is -0.675. The second-order valence-corrected chi connectivity index (χ2v) is 7.89. The first kappa shape index (κ1) is 20.8. The minimum Gasteiger partial charge on any atom is -0.194 e. The molecule has 0 aliphatic heterocycles. The van der Waals surface area contributed by atoms with Gasteiger partial charge in [0.25, 0.3) is 0 Å². The van der Waals surface area contributed by atoms with E-state index < -0.39 is 0 Å². The van der Waals surface area contributed by atoms with E-state index in [-0.39, 0.29) is 0 Å². The summed E-state index contributed by atoms with van der Waals surface area (Å²) in [5.74, 6) is 2.28. The number of hydrogen-bond acceptors (Lipinski definition) is 1. The van der Waals surface area contributed by atoms with Crippen LogP contribution in [0.5, 0.6) is 0 Å². The van der Waals surface area contributed by atoms with Gasteiger partial charge in [-0.1, -0.05) is 95.0 Å². The van der Waals surface area contributed by atoms with Gasteiger partial charge < -0.3 is 0 Å². The molecule has 0 aliphatic rings. The third-order valence-electron chi connectivity index (χ3n) is 4.32. The molecule has 3 heteroatoms. The zero-order valence-electron chi connectivity index (χ0n) is 15.2. The molecule has 1 heterocycles. The molecule has 0 N–H and O–H groups in total. The molecule has 0 aliphatic carbocycles. The molecule has 0 radical (unpaired) electrons. The van der Waals surface area contributed by atoms with E-state index in [0.29, 0.717) is 0 Å². The number of pyridine rings is 1. The van der Waals surface area contributed by atoms with Crippen LogP contribution < -0.4 is 4.57 Å². The van der Waals surface area contributed by atoms with Crippen molar-refractivity contribution in [3.8, 4) is 0 Å². The molecule has 0 atom stereocenters. The van der Waals surface area contributed by atoms with Crippen molar-refractivity contribution in [3.63, 3.8) is 0 Å². The van der Waals surface area contributed by atoms with Crippen LogP contribution in [0, 0.1) is 0 Å².